The summed E-state index contributed by atoms with van der Waals surface area (Å²) in [5, 5.41) is 0. The van der Waals surface area contributed by atoms with Crippen LogP contribution in [0.1, 0.15) is 43.2 Å². The fourth-order valence-electron chi connectivity index (χ4n) is 3.55. The van der Waals surface area contributed by atoms with E-state index in [9.17, 15) is 0 Å². The first-order chi connectivity index (χ1) is 7.31. The van der Waals surface area contributed by atoms with E-state index in [0.717, 1.165) is 5.92 Å². The average molecular weight is 238 g/mol. The van der Waals surface area contributed by atoms with Crippen LogP contribution in [0.25, 0.3) is 0 Å². The highest BCUT2D eigenvalue weighted by Crippen LogP contribution is 2.46. The third-order valence-corrected chi connectivity index (χ3v) is 4.40. The van der Waals surface area contributed by atoms with E-state index in [2.05, 4.69) is 24.3 Å². The van der Waals surface area contributed by atoms with E-state index in [4.69, 9.17) is 5.73 Å². The molecule has 16 heavy (non-hydrogen) atoms. The van der Waals surface area contributed by atoms with Crippen LogP contribution in [0.2, 0.25) is 0 Å². The Balaban J connectivity index is 0.000000963. The zero-order chi connectivity index (χ0) is 10.3. The molecular formula is C14H20ClN. The molecule has 0 saturated heterocycles. The quantitative estimate of drug-likeness (QED) is 0.736. The first kappa shape index (κ1) is 11.9. The monoisotopic (exact) mass is 237 g/mol. The van der Waals surface area contributed by atoms with Crippen molar-refractivity contribution in [1.82, 2.24) is 0 Å². The maximum atomic E-state index is 6.68. The predicted octanol–water partition coefficient (Wildman–Crippen LogP) is 3.40. The molecule has 3 rings (SSSR count). The van der Waals surface area contributed by atoms with Crippen LogP contribution in [0.5, 0.6) is 0 Å². The summed E-state index contributed by atoms with van der Waals surface area (Å²) < 4.78 is 0. The molecule has 0 heterocycles. The number of hydrogen-bond donors (Lipinski definition) is 1. The van der Waals surface area contributed by atoms with Gasteiger partial charge in [0, 0.05) is 5.54 Å². The Morgan fingerprint density at radius 2 is 1.94 bits per heavy atom. The summed E-state index contributed by atoms with van der Waals surface area (Å²) in [6, 6.07) is 8.80. The Labute approximate surface area is 104 Å². The standard InChI is InChI=1S/C14H19N.ClH/c15-14-10-4-3-6-12(14)9-8-11-5-1-2-7-13(11)14;/h1-2,5,7,12H,3-4,6,8-10,15H2;1H/t12-,14+;/m1./s1. The number of aryl methyl sites for hydroxylation is 1. The van der Waals surface area contributed by atoms with Gasteiger partial charge in [0.2, 0.25) is 0 Å². The van der Waals surface area contributed by atoms with Gasteiger partial charge in [-0.1, -0.05) is 37.1 Å². The Morgan fingerprint density at radius 1 is 1.12 bits per heavy atom. The van der Waals surface area contributed by atoms with Crippen LogP contribution in [0.4, 0.5) is 0 Å². The van der Waals surface area contributed by atoms with Crippen LogP contribution in [0, 0.1) is 5.92 Å². The lowest BCUT2D eigenvalue weighted by atomic mass is 9.63. The molecule has 0 aromatic heterocycles. The van der Waals surface area contributed by atoms with Gasteiger partial charge in [-0.3, -0.25) is 0 Å². The normalized spacial score (nSPS) is 32.2. The van der Waals surface area contributed by atoms with Crippen molar-refractivity contribution >= 4 is 12.4 Å². The molecule has 88 valence electrons. The van der Waals surface area contributed by atoms with Crippen molar-refractivity contribution < 1.29 is 0 Å². The van der Waals surface area contributed by atoms with E-state index >= 15 is 0 Å². The highest BCUT2D eigenvalue weighted by atomic mass is 35.5. The molecule has 0 radical (unpaired) electrons. The highest BCUT2D eigenvalue weighted by Gasteiger charge is 2.41. The maximum Gasteiger partial charge on any atom is 0.0441 e. The summed E-state index contributed by atoms with van der Waals surface area (Å²) in [6.45, 7) is 0. The highest BCUT2D eigenvalue weighted by molar-refractivity contribution is 5.85. The zero-order valence-corrected chi connectivity index (χ0v) is 10.4. The molecule has 1 nitrogen and oxygen atoms in total. The molecule has 0 bridgehead atoms. The van der Waals surface area contributed by atoms with Gasteiger partial charge in [0.15, 0.2) is 0 Å². The van der Waals surface area contributed by atoms with Crippen molar-refractivity contribution in [2.75, 3.05) is 0 Å². The Kier molecular flexibility index (Phi) is 3.27. The van der Waals surface area contributed by atoms with E-state index in [1.54, 1.807) is 0 Å². The molecule has 2 atom stereocenters. The van der Waals surface area contributed by atoms with Gasteiger partial charge >= 0.3 is 0 Å². The Hall–Kier alpha value is -0.530. The number of halogens is 1. The van der Waals surface area contributed by atoms with E-state index < -0.39 is 0 Å². The molecule has 0 aliphatic heterocycles. The van der Waals surface area contributed by atoms with Crippen molar-refractivity contribution in [1.29, 1.82) is 0 Å². The lowest BCUT2D eigenvalue weighted by molar-refractivity contribution is 0.165. The van der Waals surface area contributed by atoms with Crippen molar-refractivity contribution in [3.8, 4) is 0 Å². The smallest absolute Gasteiger partial charge is 0.0441 e. The lowest BCUT2D eigenvalue weighted by Gasteiger charge is -2.46. The zero-order valence-electron chi connectivity index (χ0n) is 9.61. The molecule has 2 N–H and O–H groups in total. The van der Waals surface area contributed by atoms with Gasteiger partial charge in [0.05, 0.1) is 0 Å². The molecular weight excluding hydrogens is 218 g/mol. The molecule has 1 aromatic carbocycles. The molecule has 0 spiro atoms. The van der Waals surface area contributed by atoms with Gasteiger partial charge in [0.25, 0.3) is 0 Å². The second-order valence-electron chi connectivity index (χ2n) is 5.18. The average Bonchev–Trinajstić information content (AvgIpc) is 2.29. The van der Waals surface area contributed by atoms with Gasteiger partial charge < -0.3 is 5.73 Å². The third-order valence-electron chi connectivity index (χ3n) is 4.40. The number of fused-ring (bicyclic) bond motifs is 3. The fraction of sp³-hybridized carbons (Fsp3) is 0.571. The summed E-state index contributed by atoms with van der Waals surface area (Å²) in [6.07, 6.45) is 7.75. The number of rotatable bonds is 0. The molecule has 0 unspecified atom stereocenters. The second kappa shape index (κ2) is 4.38. The van der Waals surface area contributed by atoms with Gasteiger partial charge in [-0.05, 0) is 42.7 Å². The second-order valence-corrected chi connectivity index (χ2v) is 5.18. The van der Waals surface area contributed by atoms with E-state index in [0.29, 0.717) is 0 Å². The Morgan fingerprint density at radius 3 is 2.81 bits per heavy atom. The molecule has 2 aliphatic carbocycles. The largest absolute Gasteiger partial charge is 0.321 e. The number of benzene rings is 1. The topological polar surface area (TPSA) is 26.0 Å². The summed E-state index contributed by atoms with van der Waals surface area (Å²) in [5.74, 6) is 0.737. The van der Waals surface area contributed by atoms with Crippen molar-refractivity contribution in [2.24, 2.45) is 11.7 Å². The van der Waals surface area contributed by atoms with E-state index in [1.807, 2.05) is 0 Å². The molecule has 2 aliphatic rings. The minimum Gasteiger partial charge on any atom is -0.321 e. The Bertz CT molecular complexity index is 377. The van der Waals surface area contributed by atoms with Gasteiger partial charge in [-0.15, -0.1) is 12.4 Å². The van der Waals surface area contributed by atoms with Crippen molar-refractivity contribution in [2.45, 2.75) is 44.1 Å². The van der Waals surface area contributed by atoms with Gasteiger partial charge in [0.1, 0.15) is 0 Å². The fourth-order valence-corrected chi connectivity index (χ4v) is 3.55. The molecule has 2 heteroatoms. The van der Waals surface area contributed by atoms with Crippen LogP contribution >= 0.6 is 12.4 Å². The predicted molar refractivity (Wildman–Crippen MR) is 69.8 cm³/mol. The third kappa shape index (κ3) is 1.66. The SMILES string of the molecule is Cl.N[C@@]12CCCC[C@@H]1CCc1ccccc12. The molecule has 0 amide bonds. The van der Waals surface area contributed by atoms with Crippen LogP contribution < -0.4 is 5.73 Å². The molecule has 1 aromatic rings. The van der Waals surface area contributed by atoms with Crippen LogP contribution in [-0.2, 0) is 12.0 Å². The molecule has 1 fully saturated rings. The van der Waals surface area contributed by atoms with Gasteiger partial charge in [-0.2, -0.15) is 0 Å². The van der Waals surface area contributed by atoms with Crippen LogP contribution in [0.3, 0.4) is 0 Å². The number of nitrogens with two attached hydrogens (primary N) is 1. The van der Waals surface area contributed by atoms with Crippen molar-refractivity contribution in [3.05, 3.63) is 35.4 Å². The molecule has 1 saturated carbocycles. The summed E-state index contributed by atoms with van der Waals surface area (Å²) >= 11 is 0. The minimum absolute atomic E-state index is 0. The first-order valence-electron chi connectivity index (χ1n) is 6.18. The van der Waals surface area contributed by atoms with Crippen LogP contribution in [0.15, 0.2) is 24.3 Å². The van der Waals surface area contributed by atoms with Crippen LogP contribution in [-0.4, -0.2) is 0 Å². The maximum absolute atomic E-state index is 6.68. The number of hydrogen-bond acceptors (Lipinski definition) is 1. The summed E-state index contributed by atoms with van der Waals surface area (Å²) in [4.78, 5) is 0. The van der Waals surface area contributed by atoms with E-state index in [-0.39, 0.29) is 17.9 Å². The summed E-state index contributed by atoms with van der Waals surface area (Å²) in [7, 11) is 0. The van der Waals surface area contributed by atoms with E-state index in [1.165, 1.54) is 49.7 Å². The first-order valence-corrected chi connectivity index (χ1v) is 6.18. The lowest BCUT2D eigenvalue weighted by Crippen LogP contribution is -2.49. The summed E-state index contributed by atoms with van der Waals surface area (Å²) in [5.41, 5.74) is 9.63. The minimum atomic E-state index is 0. The van der Waals surface area contributed by atoms with Crippen molar-refractivity contribution in [3.63, 3.8) is 0 Å². The van der Waals surface area contributed by atoms with Gasteiger partial charge in [-0.25, -0.2) is 0 Å².